The van der Waals surface area contributed by atoms with Crippen molar-refractivity contribution in [3.05, 3.63) is 0 Å². The number of alkyl carbamates (subject to hydrolysis) is 1. The summed E-state index contributed by atoms with van der Waals surface area (Å²) in [5.74, 6) is 0. The summed E-state index contributed by atoms with van der Waals surface area (Å²) in [5, 5.41) is 5.29. The summed E-state index contributed by atoms with van der Waals surface area (Å²) in [6.07, 6.45) is -0.867. The molecular formula is C12H22F2N2O2. The van der Waals surface area contributed by atoms with E-state index >= 15 is 0 Å². The van der Waals surface area contributed by atoms with Crippen LogP contribution in [0.25, 0.3) is 0 Å². The molecule has 1 amide bonds. The first kappa shape index (κ1) is 15.1. The van der Waals surface area contributed by atoms with Crippen molar-refractivity contribution in [1.29, 1.82) is 0 Å². The average molecular weight is 264 g/mol. The number of halogens is 2. The largest absolute Gasteiger partial charge is 0.444 e. The van der Waals surface area contributed by atoms with E-state index in [1.807, 2.05) is 0 Å². The Morgan fingerprint density at radius 3 is 2.50 bits per heavy atom. The van der Waals surface area contributed by atoms with Crippen molar-refractivity contribution in [3.8, 4) is 0 Å². The van der Waals surface area contributed by atoms with Gasteiger partial charge in [0.2, 0.25) is 0 Å². The second kappa shape index (κ2) is 6.31. The predicted molar refractivity (Wildman–Crippen MR) is 64.8 cm³/mol. The lowest BCUT2D eigenvalue weighted by molar-refractivity contribution is 0.0299. The van der Waals surface area contributed by atoms with Crippen molar-refractivity contribution in [2.75, 3.05) is 6.54 Å². The normalized spacial score (nSPS) is 22.7. The zero-order valence-corrected chi connectivity index (χ0v) is 11.1. The van der Waals surface area contributed by atoms with Gasteiger partial charge in [0.05, 0.1) is 0 Å². The molecule has 1 fully saturated rings. The van der Waals surface area contributed by atoms with Crippen LogP contribution in [0, 0.1) is 0 Å². The summed E-state index contributed by atoms with van der Waals surface area (Å²) in [6, 6.07) is -1.58. The Morgan fingerprint density at radius 2 is 2.06 bits per heavy atom. The van der Waals surface area contributed by atoms with Crippen LogP contribution in [0.5, 0.6) is 0 Å². The summed E-state index contributed by atoms with van der Waals surface area (Å²) in [4.78, 5) is 11.5. The van der Waals surface area contributed by atoms with Crippen LogP contribution < -0.4 is 10.6 Å². The number of alkyl halides is 2. The minimum atomic E-state index is -2.60. The van der Waals surface area contributed by atoms with E-state index in [0.29, 0.717) is 13.0 Å². The molecule has 1 rings (SSSR count). The second-order valence-electron chi connectivity index (χ2n) is 5.56. The van der Waals surface area contributed by atoms with Gasteiger partial charge >= 0.3 is 6.09 Å². The van der Waals surface area contributed by atoms with E-state index in [-0.39, 0.29) is 6.04 Å². The molecule has 0 radical (unpaired) electrons. The number of hydrogen-bond donors (Lipinski definition) is 2. The Morgan fingerprint density at radius 1 is 1.39 bits per heavy atom. The van der Waals surface area contributed by atoms with E-state index in [1.165, 1.54) is 0 Å². The smallest absolute Gasteiger partial charge is 0.408 e. The highest BCUT2D eigenvalue weighted by molar-refractivity contribution is 5.68. The lowest BCUT2D eigenvalue weighted by Gasteiger charge is -2.32. The molecule has 106 valence electrons. The van der Waals surface area contributed by atoms with Gasteiger partial charge in [-0.1, -0.05) is 6.42 Å². The van der Waals surface area contributed by atoms with Gasteiger partial charge in [-0.05, 0) is 40.2 Å². The van der Waals surface area contributed by atoms with Crippen molar-refractivity contribution in [3.63, 3.8) is 0 Å². The van der Waals surface area contributed by atoms with Crippen LogP contribution in [0.1, 0.15) is 40.0 Å². The van der Waals surface area contributed by atoms with E-state index in [1.54, 1.807) is 20.8 Å². The van der Waals surface area contributed by atoms with Gasteiger partial charge in [-0.25, -0.2) is 13.6 Å². The first-order valence-corrected chi connectivity index (χ1v) is 6.30. The van der Waals surface area contributed by atoms with E-state index in [2.05, 4.69) is 10.6 Å². The maximum atomic E-state index is 13.0. The molecule has 0 aromatic rings. The van der Waals surface area contributed by atoms with Gasteiger partial charge in [-0.15, -0.1) is 0 Å². The molecule has 2 N–H and O–H groups in total. The Hall–Kier alpha value is -0.910. The highest BCUT2D eigenvalue weighted by atomic mass is 19.3. The van der Waals surface area contributed by atoms with Crippen LogP contribution in [0.15, 0.2) is 0 Å². The standard InChI is InChI=1S/C12H22F2N2O2/c1-12(2,3)18-11(17)16-9(10(13)14)8-6-4-5-7-15-8/h8-10,15H,4-7H2,1-3H3,(H,16,17). The zero-order chi connectivity index (χ0) is 13.8. The molecule has 1 aliphatic heterocycles. The van der Waals surface area contributed by atoms with Gasteiger partial charge < -0.3 is 15.4 Å². The first-order valence-electron chi connectivity index (χ1n) is 6.30. The topological polar surface area (TPSA) is 50.4 Å². The van der Waals surface area contributed by atoms with Crippen molar-refractivity contribution in [1.82, 2.24) is 10.6 Å². The zero-order valence-electron chi connectivity index (χ0n) is 11.1. The molecule has 0 aromatic heterocycles. The molecule has 6 heteroatoms. The predicted octanol–water partition coefficient (Wildman–Crippen LogP) is 2.29. The molecule has 0 aromatic carbocycles. The minimum absolute atomic E-state index is 0.383. The fourth-order valence-electron chi connectivity index (χ4n) is 1.97. The molecule has 2 atom stereocenters. The number of carbonyl (C=O) groups excluding carboxylic acids is 1. The lowest BCUT2D eigenvalue weighted by atomic mass is 9.98. The van der Waals surface area contributed by atoms with Crippen molar-refractivity contribution in [2.45, 2.75) is 64.1 Å². The molecule has 1 aliphatic rings. The summed E-state index contributed by atoms with van der Waals surface area (Å²) in [5.41, 5.74) is -0.684. The van der Waals surface area contributed by atoms with Crippen LogP contribution in [-0.2, 0) is 4.74 Å². The van der Waals surface area contributed by atoms with Gasteiger partial charge in [-0.3, -0.25) is 0 Å². The molecule has 0 bridgehead atoms. The van der Waals surface area contributed by atoms with E-state index < -0.39 is 24.2 Å². The Balaban J connectivity index is 2.54. The Labute approximate surface area is 106 Å². The molecule has 18 heavy (non-hydrogen) atoms. The number of nitrogens with one attached hydrogen (secondary N) is 2. The maximum absolute atomic E-state index is 13.0. The van der Waals surface area contributed by atoms with Crippen LogP contribution in [0.4, 0.5) is 13.6 Å². The number of amides is 1. The molecular weight excluding hydrogens is 242 g/mol. The quantitative estimate of drug-likeness (QED) is 0.822. The highest BCUT2D eigenvalue weighted by Crippen LogP contribution is 2.16. The molecule has 0 aliphatic carbocycles. The fraction of sp³-hybridized carbons (Fsp3) is 0.917. The number of ether oxygens (including phenoxy) is 1. The molecule has 1 saturated heterocycles. The third kappa shape index (κ3) is 5.16. The number of piperidine rings is 1. The third-order valence-electron chi connectivity index (χ3n) is 2.74. The molecule has 0 spiro atoms. The monoisotopic (exact) mass is 264 g/mol. The van der Waals surface area contributed by atoms with Crippen LogP contribution in [0.2, 0.25) is 0 Å². The number of carbonyl (C=O) groups is 1. The molecule has 2 unspecified atom stereocenters. The van der Waals surface area contributed by atoms with Crippen LogP contribution >= 0.6 is 0 Å². The molecule has 1 heterocycles. The second-order valence-corrected chi connectivity index (χ2v) is 5.56. The van der Waals surface area contributed by atoms with Crippen molar-refractivity contribution < 1.29 is 18.3 Å². The van der Waals surface area contributed by atoms with E-state index in [4.69, 9.17) is 4.74 Å². The summed E-state index contributed by atoms with van der Waals surface area (Å²) < 4.78 is 30.9. The Bertz CT molecular complexity index is 274. The molecule has 4 nitrogen and oxygen atoms in total. The van der Waals surface area contributed by atoms with E-state index in [9.17, 15) is 13.6 Å². The minimum Gasteiger partial charge on any atom is -0.444 e. The van der Waals surface area contributed by atoms with Gasteiger partial charge in [0.15, 0.2) is 0 Å². The van der Waals surface area contributed by atoms with Gasteiger partial charge in [0.25, 0.3) is 6.43 Å². The van der Waals surface area contributed by atoms with Gasteiger partial charge in [-0.2, -0.15) is 0 Å². The average Bonchev–Trinajstić information content (AvgIpc) is 2.24. The summed E-state index contributed by atoms with van der Waals surface area (Å²) >= 11 is 0. The van der Waals surface area contributed by atoms with Gasteiger partial charge in [0, 0.05) is 6.04 Å². The maximum Gasteiger partial charge on any atom is 0.408 e. The van der Waals surface area contributed by atoms with Crippen LogP contribution in [0.3, 0.4) is 0 Å². The third-order valence-corrected chi connectivity index (χ3v) is 2.74. The Kier molecular flexibility index (Phi) is 5.31. The summed E-state index contributed by atoms with van der Waals surface area (Å²) in [6.45, 7) is 5.80. The lowest BCUT2D eigenvalue weighted by Crippen LogP contribution is -2.55. The van der Waals surface area contributed by atoms with E-state index in [0.717, 1.165) is 12.8 Å². The summed E-state index contributed by atoms with van der Waals surface area (Å²) in [7, 11) is 0. The highest BCUT2D eigenvalue weighted by Gasteiger charge is 2.33. The van der Waals surface area contributed by atoms with Crippen molar-refractivity contribution >= 4 is 6.09 Å². The molecule has 0 saturated carbocycles. The first-order chi connectivity index (χ1) is 8.29. The van der Waals surface area contributed by atoms with Crippen molar-refractivity contribution in [2.24, 2.45) is 0 Å². The van der Waals surface area contributed by atoms with Gasteiger partial charge in [0.1, 0.15) is 11.6 Å². The van der Waals surface area contributed by atoms with Crippen LogP contribution in [-0.4, -0.2) is 36.7 Å². The SMILES string of the molecule is CC(C)(C)OC(=O)NC(C(F)F)C1CCCCN1. The number of rotatable bonds is 3. The fourth-order valence-corrected chi connectivity index (χ4v) is 1.97. The number of hydrogen-bond acceptors (Lipinski definition) is 3.